The normalized spacial score (nSPS) is 12.6. The minimum absolute atomic E-state index is 0.986. The fourth-order valence-corrected chi connectivity index (χ4v) is 0.497. The van der Waals surface area contributed by atoms with Crippen molar-refractivity contribution in [3.8, 4) is 0 Å². The summed E-state index contributed by atoms with van der Waals surface area (Å²) >= 11 is 0. The first-order valence-electron chi connectivity index (χ1n) is 3.09. The molecule has 0 saturated heterocycles. The third-order valence-corrected chi connectivity index (χ3v) is 0.970. The van der Waals surface area contributed by atoms with E-state index >= 15 is 0 Å². The first-order chi connectivity index (χ1) is 4.27. The zero-order valence-corrected chi connectivity index (χ0v) is 7.17. The van der Waals surface area contributed by atoms with Crippen molar-refractivity contribution in [3.05, 3.63) is 23.7 Å². The van der Waals surface area contributed by atoms with Gasteiger partial charge in [-0.25, -0.2) is 0 Å². The van der Waals surface area contributed by atoms with Crippen molar-refractivity contribution in [1.82, 2.24) is 5.32 Å². The third-order valence-electron chi connectivity index (χ3n) is 0.777. The van der Waals surface area contributed by atoms with Gasteiger partial charge in [-0.3, -0.25) is 0 Å². The van der Waals surface area contributed by atoms with Crippen LogP contribution in [0.3, 0.4) is 0 Å². The average Bonchev–Trinajstić information content (AvgIpc) is 1.80. The Balaban J connectivity index is 3.35. The lowest BCUT2D eigenvalue weighted by atomic mass is 10.5. The van der Waals surface area contributed by atoms with Crippen LogP contribution in [-0.4, -0.2) is 6.54 Å². The Morgan fingerprint density at radius 3 is 2.78 bits per heavy atom. The van der Waals surface area contributed by atoms with Crippen molar-refractivity contribution in [3.63, 3.8) is 0 Å². The standard InChI is InChI=1S/C7H14NP/c1-3-8-6-4-5-7(2)9/h4-6,8H,3,9H2,1-2H3/b6-4+,7-5+. The predicted molar refractivity (Wildman–Crippen MR) is 46.3 cm³/mol. The van der Waals surface area contributed by atoms with Crippen LogP contribution in [0.15, 0.2) is 23.7 Å². The van der Waals surface area contributed by atoms with Crippen molar-refractivity contribution in [2.45, 2.75) is 13.8 Å². The highest BCUT2D eigenvalue weighted by Gasteiger charge is 1.69. The molecule has 0 aliphatic rings. The molecule has 1 N–H and O–H groups in total. The van der Waals surface area contributed by atoms with E-state index in [1.807, 2.05) is 25.3 Å². The molecule has 0 aromatic carbocycles. The maximum atomic E-state index is 3.07. The van der Waals surface area contributed by atoms with Gasteiger partial charge in [0.05, 0.1) is 0 Å². The average molecular weight is 143 g/mol. The van der Waals surface area contributed by atoms with E-state index in [4.69, 9.17) is 0 Å². The molecular weight excluding hydrogens is 129 g/mol. The van der Waals surface area contributed by atoms with Gasteiger partial charge in [0.15, 0.2) is 0 Å². The van der Waals surface area contributed by atoms with Crippen molar-refractivity contribution < 1.29 is 0 Å². The molecule has 2 heteroatoms. The quantitative estimate of drug-likeness (QED) is 0.470. The molecule has 0 aromatic rings. The van der Waals surface area contributed by atoms with E-state index in [0.717, 1.165) is 6.54 Å². The van der Waals surface area contributed by atoms with E-state index in [1.165, 1.54) is 5.31 Å². The van der Waals surface area contributed by atoms with Gasteiger partial charge in [0, 0.05) is 6.54 Å². The molecule has 0 bridgehead atoms. The van der Waals surface area contributed by atoms with Gasteiger partial charge in [-0.05, 0) is 26.1 Å². The number of rotatable bonds is 3. The van der Waals surface area contributed by atoms with Crippen molar-refractivity contribution in [2.24, 2.45) is 0 Å². The Hall–Kier alpha value is -0.290. The van der Waals surface area contributed by atoms with Crippen LogP contribution in [0.5, 0.6) is 0 Å². The second-order valence-electron chi connectivity index (χ2n) is 1.83. The maximum absolute atomic E-state index is 3.07. The zero-order chi connectivity index (χ0) is 7.11. The fourth-order valence-electron chi connectivity index (χ4n) is 0.386. The highest BCUT2D eigenvalue weighted by Crippen LogP contribution is 2.00. The van der Waals surface area contributed by atoms with Gasteiger partial charge < -0.3 is 5.32 Å². The van der Waals surface area contributed by atoms with Crippen LogP contribution >= 0.6 is 9.24 Å². The molecule has 0 rings (SSSR count). The van der Waals surface area contributed by atoms with Gasteiger partial charge in [-0.2, -0.15) is 0 Å². The summed E-state index contributed by atoms with van der Waals surface area (Å²) in [7, 11) is 2.63. The maximum Gasteiger partial charge on any atom is 0.0113 e. The second kappa shape index (κ2) is 5.84. The second-order valence-corrected chi connectivity index (χ2v) is 2.74. The molecule has 0 aliphatic carbocycles. The van der Waals surface area contributed by atoms with Crippen LogP contribution in [0.4, 0.5) is 0 Å². The topological polar surface area (TPSA) is 12.0 Å². The van der Waals surface area contributed by atoms with E-state index in [1.54, 1.807) is 0 Å². The first-order valence-corrected chi connectivity index (χ1v) is 3.67. The van der Waals surface area contributed by atoms with Gasteiger partial charge >= 0.3 is 0 Å². The van der Waals surface area contributed by atoms with Crippen LogP contribution in [0.25, 0.3) is 0 Å². The summed E-state index contributed by atoms with van der Waals surface area (Å²) in [5.41, 5.74) is 0. The van der Waals surface area contributed by atoms with Crippen LogP contribution in [0, 0.1) is 0 Å². The molecule has 0 fully saturated rings. The molecule has 0 radical (unpaired) electrons. The summed E-state index contributed by atoms with van der Waals surface area (Å²) < 4.78 is 0. The summed E-state index contributed by atoms with van der Waals surface area (Å²) in [6.07, 6.45) is 5.96. The highest BCUT2D eigenvalue weighted by atomic mass is 31.0. The van der Waals surface area contributed by atoms with E-state index in [0.29, 0.717) is 0 Å². The van der Waals surface area contributed by atoms with Gasteiger partial charge in [-0.1, -0.05) is 11.4 Å². The number of nitrogens with one attached hydrogen (secondary N) is 1. The highest BCUT2D eigenvalue weighted by molar-refractivity contribution is 7.22. The first kappa shape index (κ1) is 8.71. The summed E-state index contributed by atoms with van der Waals surface area (Å²) in [6.45, 7) is 5.10. The molecule has 0 aromatic heterocycles. The van der Waals surface area contributed by atoms with E-state index in [9.17, 15) is 0 Å². The Labute approximate surface area is 59.4 Å². The van der Waals surface area contributed by atoms with Crippen LogP contribution in [0.1, 0.15) is 13.8 Å². The monoisotopic (exact) mass is 143 g/mol. The summed E-state index contributed by atoms with van der Waals surface area (Å²) in [5, 5.41) is 4.31. The van der Waals surface area contributed by atoms with Crippen LogP contribution in [0.2, 0.25) is 0 Å². The Morgan fingerprint density at radius 1 is 1.67 bits per heavy atom. The molecule has 0 aliphatic heterocycles. The molecular formula is C7H14NP. The summed E-state index contributed by atoms with van der Waals surface area (Å²) in [6, 6.07) is 0. The van der Waals surface area contributed by atoms with Crippen molar-refractivity contribution in [2.75, 3.05) is 6.54 Å². The molecule has 0 spiro atoms. The predicted octanol–water partition coefficient (Wildman–Crippen LogP) is 1.89. The van der Waals surface area contributed by atoms with Gasteiger partial charge in [0.25, 0.3) is 0 Å². The number of hydrogen-bond acceptors (Lipinski definition) is 1. The van der Waals surface area contributed by atoms with E-state index < -0.39 is 0 Å². The van der Waals surface area contributed by atoms with Gasteiger partial charge in [-0.15, -0.1) is 9.24 Å². The summed E-state index contributed by atoms with van der Waals surface area (Å²) in [5.74, 6) is 0. The third kappa shape index (κ3) is 7.71. The minimum Gasteiger partial charge on any atom is -0.391 e. The molecule has 0 saturated carbocycles. The Bertz CT molecular complexity index is 112. The number of hydrogen-bond donors (Lipinski definition) is 1. The number of allylic oxidation sites excluding steroid dienone is 3. The van der Waals surface area contributed by atoms with E-state index in [-0.39, 0.29) is 0 Å². The Kier molecular flexibility index (Phi) is 5.65. The molecule has 1 atom stereocenters. The van der Waals surface area contributed by atoms with Gasteiger partial charge in [0.1, 0.15) is 0 Å². The summed E-state index contributed by atoms with van der Waals surface area (Å²) in [4.78, 5) is 0. The molecule has 0 amide bonds. The molecule has 52 valence electrons. The lowest BCUT2D eigenvalue weighted by Gasteiger charge is -1.88. The van der Waals surface area contributed by atoms with E-state index in [2.05, 4.69) is 21.5 Å². The van der Waals surface area contributed by atoms with Crippen LogP contribution in [-0.2, 0) is 0 Å². The van der Waals surface area contributed by atoms with Crippen molar-refractivity contribution >= 4 is 9.24 Å². The largest absolute Gasteiger partial charge is 0.391 e. The minimum atomic E-state index is 0.986. The smallest absolute Gasteiger partial charge is 0.0113 e. The molecule has 0 heterocycles. The SMILES string of the molecule is CCN/C=C/C=C(\C)P. The van der Waals surface area contributed by atoms with Crippen LogP contribution < -0.4 is 5.32 Å². The fraction of sp³-hybridized carbons (Fsp3) is 0.429. The lowest BCUT2D eigenvalue weighted by molar-refractivity contribution is 0.919. The Morgan fingerprint density at radius 2 is 2.33 bits per heavy atom. The molecule has 9 heavy (non-hydrogen) atoms. The molecule has 1 unspecified atom stereocenters. The molecule has 1 nitrogen and oxygen atoms in total. The van der Waals surface area contributed by atoms with Gasteiger partial charge in [0.2, 0.25) is 0 Å². The zero-order valence-electron chi connectivity index (χ0n) is 6.02. The van der Waals surface area contributed by atoms with Crippen molar-refractivity contribution in [1.29, 1.82) is 0 Å². The lowest BCUT2D eigenvalue weighted by Crippen LogP contribution is -2.00.